The number of benzene rings is 2. The van der Waals surface area contributed by atoms with E-state index >= 15 is 0 Å². The zero-order valence-electron chi connectivity index (χ0n) is 11.8. The van der Waals surface area contributed by atoms with Gasteiger partial charge in [-0.1, -0.05) is 15.9 Å². The molecule has 0 bridgehead atoms. The first kappa shape index (κ1) is 16.0. The third-order valence-electron chi connectivity index (χ3n) is 3.03. The minimum Gasteiger partial charge on any atom is -0.385 e. The van der Waals surface area contributed by atoms with E-state index in [1.807, 2.05) is 50.2 Å². The standard InChI is InChI=1S/C16H16Br2N2O/c1-3-19-14-7-4-11(8-10(14)2)16(21)20-15-9-12(17)5-6-13(15)18/h4-9,19H,3H2,1-2H3,(H,20,21). The lowest BCUT2D eigenvalue weighted by molar-refractivity contribution is 0.102. The summed E-state index contributed by atoms with van der Waals surface area (Å²) >= 11 is 6.83. The van der Waals surface area contributed by atoms with Crippen LogP contribution in [0.1, 0.15) is 22.8 Å². The summed E-state index contributed by atoms with van der Waals surface area (Å²) in [7, 11) is 0. The molecule has 0 aliphatic heterocycles. The molecule has 0 radical (unpaired) electrons. The van der Waals surface area contributed by atoms with Crippen molar-refractivity contribution < 1.29 is 4.79 Å². The predicted octanol–water partition coefficient (Wildman–Crippen LogP) is 5.20. The largest absolute Gasteiger partial charge is 0.385 e. The SMILES string of the molecule is CCNc1ccc(C(=O)Nc2cc(Br)ccc2Br)cc1C. The van der Waals surface area contributed by atoms with Gasteiger partial charge in [-0.2, -0.15) is 0 Å². The first-order chi connectivity index (χ1) is 10.0. The second kappa shape index (κ2) is 7.09. The lowest BCUT2D eigenvalue weighted by atomic mass is 10.1. The summed E-state index contributed by atoms with van der Waals surface area (Å²) in [5.74, 6) is -0.125. The lowest BCUT2D eigenvalue weighted by Gasteiger charge is -2.11. The fourth-order valence-electron chi connectivity index (χ4n) is 1.98. The Morgan fingerprint density at radius 3 is 2.52 bits per heavy atom. The van der Waals surface area contributed by atoms with Gasteiger partial charge < -0.3 is 10.6 Å². The van der Waals surface area contributed by atoms with Crippen molar-refractivity contribution in [2.24, 2.45) is 0 Å². The van der Waals surface area contributed by atoms with Gasteiger partial charge in [0, 0.05) is 26.7 Å². The van der Waals surface area contributed by atoms with Crippen molar-refractivity contribution in [3.05, 3.63) is 56.5 Å². The number of hydrogen-bond acceptors (Lipinski definition) is 2. The van der Waals surface area contributed by atoms with Crippen LogP contribution in [0.2, 0.25) is 0 Å². The van der Waals surface area contributed by atoms with Gasteiger partial charge in [0.1, 0.15) is 0 Å². The summed E-state index contributed by atoms with van der Waals surface area (Å²) in [4.78, 5) is 12.3. The Bertz CT molecular complexity index is 671. The van der Waals surface area contributed by atoms with Crippen LogP contribution in [0.15, 0.2) is 45.3 Å². The van der Waals surface area contributed by atoms with Crippen LogP contribution >= 0.6 is 31.9 Å². The number of amides is 1. The average molecular weight is 412 g/mol. The smallest absolute Gasteiger partial charge is 0.255 e. The van der Waals surface area contributed by atoms with Gasteiger partial charge in [0.05, 0.1) is 5.69 Å². The minimum atomic E-state index is -0.125. The van der Waals surface area contributed by atoms with E-state index in [1.54, 1.807) is 0 Å². The van der Waals surface area contributed by atoms with Gasteiger partial charge >= 0.3 is 0 Å². The summed E-state index contributed by atoms with van der Waals surface area (Å²) in [5, 5.41) is 6.17. The van der Waals surface area contributed by atoms with Crippen molar-refractivity contribution in [2.45, 2.75) is 13.8 Å². The molecule has 0 heterocycles. The Kier molecular flexibility index (Phi) is 5.42. The van der Waals surface area contributed by atoms with Crippen LogP contribution in [-0.4, -0.2) is 12.5 Å². The highest BCUT2D eigenvalue weighted by molar-refractivity contribution is 9.11. The number of anilines is 2. The number of carbonyl (C=O) groups excluding carboxylic acids is 1. The Balaban J connectivity index is 2.20. The topological polar surface area (TPSA) is 41.1 Å². The molecule has 110 valence electrons. The fourth-order valence-corrected chi connectivity index (χ4v) is 2.69. The van der Waals surface area contributed by atoms with E-state index in [1.165, 1.54) is 0 Å². The van der Waals surface area contributed by atoms with Crippen molar-refractivity contribution in [3.63, 3.8) is 0 Å². The van der Waals surface area contributed by atoms with Gasteiger partial charge in [-0.05, 0) is 71.7 Å². The molecule has 2 rings (SSSR count). The van der Waals surface area contributed by atoms with Crippen molar-refractivity contribution >= 4 is 49.1 Å². The number of aryl methyl sites for hydroxylation is 1. The molecule has 2 N–H and O–H groups in total. The van der Waals surface area contributed by atoms with Crippen LogP contribution in [0.5, 0.6) is 0 Å². The second-order valence-electron chi connectivity index (χ2n) is 4.64. The molecule has 3 nitrogen and oxygen atoms in total. The third kappa shape index (κ3) is 4.08. The highest BCUT2D eigenvalue weighted by Gasteiger charge is 2.10. The fraction of sp³-hybridized carbons (Fsp3) is 0.188. The molecular weight excluding hydrogens is 396 g/mol. The number of carbonyl (C=O) groups is 1. The summed E-state index contributed by atoms with van der Waals surface area (Å²) in [6, 6.07) is 11.3. The van der Waals surface area contributed by atoms with E-state index < -0.39 is 0 Å². The Morgan fingerprint density at radius 2 is 1.86 bits per heavy atom. The number of halogens is 2. The maximum atomic E-state index is 12.3. The van der Waals surface area contributed by atoms with Crippen LogP contribution in [0.25, 0.3) is 0 Å². The number of nitrogens with one attached hydrogen (secondary N) is 2. The summed E-state index contributed by atoms with van der Waals surface area (Å²) in [6.07, 6.45) is 0. The molecule has 21 heavy (non-hydrogen) atoms. The molecule has 0 spiro atoms. The monoisotopic (exact) mass is 410 g/mol. The molecule has 0 fully saturated rings. The molecule has 2 aromatic carbocycles. The van der Waals surface area contributed by atoms with E-state index in [4.69, 9.17) is 0 Å². The minimum absolute atomic E-state index is 0.125. The van der Waals surface area contributed by atoms with E-state index in [2.05, 4.69) is 42.5 Å². The van der Waals surface area contributed by atoms with Crippen LogP contribution in [0, 0.1) is 6.92 Å². The first-order valence-corrected chi connectivity index (χ1v) is 8.20. The van der Waals surface area contributed by atoms with E-state index in [0.717, 1.165) is 32.4 Å². The summed E-state index contributed by atoms with van der Waals surface area (Å²) in [6.45, 7) is 4.89. The van der Waals surface area contributed by atoms with Gasteiger partial charge in [-0.3, -0.25) is 4.79 Å². The van der Waals surface area contributed by atoms with Gasteiger partial charge in [-0.15, -0.1) is 0 Å². The van der Waals surface area contributed by atoms with Crippen LogP contribution < -0.4 is 10.6 Å². The maximum Gasteiger partial charge on any atom is 0.255 e. The van der Waals surface area contributed by atoms with Crippen LogP contribution in [0.4, 0.5) is 11.4 Å². The van der Waals surface area contributed by atoms with E-state index in [-0.39, 0.29) is 5.91 Å². The Labute approximate surface area is 141 Å². The van der Waals surface area contributed by atoms with Crippen molar-refractivity contribution in [3.8, 4) is 0 Å². The van der Waals surface area contributed by atoms with Gasteiger partial charge in [0.2, 0.25) is 0 Å². The molecule has 2 aromatic rings. The van der Waals surface area contributed by atoms with Crippen LogP contribution in [-0.2, 0) is 0 Å². The molecule has 0 aromatic heterocycles. The molecule has 0 aliphatic carbocycles. The molecule has 5 heteroatoms. The molecule has 0 atom stereocenters. The lowest BCUT2D eigenvalue weighted by Crippen LogP contribution is -2.13. The summed E-state index contributed by atoms with van der Waals surface area (Å²) in [5.41, 5.74) is 3.49. The average Bonchev–Trinajstić information content (AvgIpc) is 2.45. The summed E-state index contributed by atoms with van der Waals surface area (Å²) < 4.78 is 1.76. The number of rotatable bonds is 4. The highest BCUT2D eigenvalue weighted by atomic mass is 79.9. The normalized spacial score (nSPS) is 10.3. The zero-order chi connectivity index (χ0) is 15.4. The molecule has 1 amide bonds. The maximum absolute atomic E-state index is 12.3. The molecular formula is C16H16Br2N2O. The predicted molar refractivity (Wildman–Crippen MR) is 95.1 cm³/mol. The van der Waals surface area contributed by atoms with E-state index in [9.17, 15) is 4.79 Å². The third-order valence-corrected chi connectivity index (χ3v) is 4.22. The van der Waals surface area contributed by atoms with Gasteiger partial charge in [0.15, 0.2) is 0 Å². The zero-order valence-corrected chi connectivity index (χ0v) is 15.0. The molecule has 0 saturated heterocycles. The quantitative estimate of drug-likeness (QED) is 0.725. The van der Waals surface area contributed by atoms with Crippen molar-refractivity contribution in [1.82, 2.24) is 0 Å². The van der Waals surface area contributed by atoms with Crippen molar-refractivity contribution in [1.29, 1.82) is 0 Å². The van der Waals surface area contributed by atoms with Crippen LogP contribution in [0.3, 0.4) is 0 Å². The van der Waals surface area contributed by atoms with Crippen molar-refractivity contribution in [2.75, 3.05) is 17.2 Å². The highest BCUT2D eigenvalue weighted by Crippen LogP contribution is 2.27. The Morgan fingerprint density at radius 1 is 1.10 bits per heavy atom. The van der Waals surface area contributed by atoms with E-state index in [0.29, 0.717) is 5.56 Å². The number of hydrogen-bond donors (Lipinski definition) is 2. The second-order valence-corrected chi connectivity index (χ2v) is 6.41. The molecule has 0 unspecified atom stereocenters. The first-order valence-electron chi connectivity index (χ1n) is 6.62. The van der Waals surface area contributed by atoms with Gasteiger partial charge in [0.25, 0.3) is 5.91 Å². The molecule has 0 saturated carbocycles. The molecule has 0 aliphatic rings. The Hall–Kier alpha value is -1.33. The van der Waals surface area contributed by atoms with Gasteiger partial charge in [-0.25, -0.2) is 0 Å².